The Bertz CT molecular complexity index is 418. The van der Waals surface area contributed by atoms with Gasteiger partial charge in [-0.1, -0.05) is 15.9 Å². The summed E-state index contributed by atoms with van der Waals surface area (Å²) in [4.78, 5) is 9.19. The Morgan fingerprint density at radius 1 is 1.56 bits per heavy atom. The summed E-state index contributed by atoms with van der Waals surface area (Å²) in [5.41, 5.74) is 3.05. The Labute approximate surface area is 102 Å². The highest BCUT2D eigenvalue weighted by Crippen LogP contribution is 2.25. The predicted octanol–water partition coefficient (Wildman–Crippen LogP) is 2.65. The third-order valence-corrected chi connectivity index (χ3v) is 2.73. The minimum absolute atomic E-state index is 0.302. The van der Waals surface area contributed by atoms with Crippen molar-refractivity contribution in [2.24, 2.45) is 4.99 Å². The molecule has 5 heteroatoms. The molecule has 0 aliphatic heterocycles. The van der Waals surface area contributed by atoms with Crippen molar-refractivity contribution in [1.29, 1.82) is 0 Å². The largest absolute Gasteiger partial charge is 0.278 e. The van der Waals surface area contributed by atoms with Crippen molar-refractivity contribution in [1.82, 2.24) is 5.48 Å². The van der Waals surface area contributed by atoms with Crippen LogP contribution in [0, 0.1) is 5.82 Å². The van der Waals surface area contributed by atoms with Crippen molar-refractivity contribution in [2.45, 2.75) is 18.9 Å². The van der Waals surface area contributed by atoms with E-state index < -0.39 is 0 Å². The van der Waals surface area contributed by atoms with Crippen LogP contribution in [-0.2, 0) is 4.84 Å². The lowest BCUT2D eigenvalue weighted by atomic mass is 10.2. The van der Waals surface area contributed by atoms with Crippen molar-refractivity contribution in [3.63, 3.8) is 0 Å². The van der Waals surface area contributed by atoms with Crippen LogP contribution in [0.1, 0.15) is 18.4 Å². The van der Waals surface area contributed by atoms with Crippen LogP contribution >= 0.6 is 15.9 Å². The average Bonchev–Trinajstić information content (AvgIpc) is 3.05. The van der Waals surface area contributed by atoms with Gasteiger partial charge in [0, 0.05) is 4.47 Å². The quantitative estimate of drug-likeness (QED) is 0.527. The molecule has 16 heavy (non-hydrogen) atoms. The van der Waals surface area contributed by atoms with Gasteiger partial charge in [-0.25, -0.2) is 9.87 Å². The molecule has 1 aromatic carbocycles. The van der Waals surface area contributed by atoms with E-state index in [4.69, 9.17) is 4.84 Å². The zero-order valence-electron chi connectivity index (χ0n) is 8.84. The summed E-state index contributed by atoms with van der Waals surface area (Å²) in [7, 11) is 1.48. The SMILES string of the molecule is CONC(=NC1CC1)c1cc(Br)ccc1F. The lowest BCUT2D eigenvalue weighted by Crippen LogP contribution is -2.25. The Kier molecular flexibility index (Phi) is 3.56. The Balaban J connectivity index is 2.33. The summed E-state index contributed by atoms with van der Waals surface area (Å²) in [6, 6.07) is 5.04. The summed E-state index contributed by atoms with van der Waals surface area (Å²) in [5, 5.41) is 0. The Morgan fingerprint density at radius 3 is 2.94 bits per heavy atom. The van der Waals surface area contributed by atoms with Gasteiger partial charge in [-0.3, -0.25) is 9.83 Å². The molecule has 0 atom stereocenters. The molecule has 0 spiro atoms. The molecule has 0 bridgehead atoms. The number of rotatable bonds is 3. The Hall–Kier alpha value is -0.940. The summed E-state index contributed by atoms with van der Waals surface area (Å²) < 4.78 is 14.4. The second-order valence-corrected chi connectivity index (χ2v) is 4.55. The number of amidine groups is 1. The number of nitrogens with one attached hydrogen (secondary N) is 1. The summed E-state index contributed by atoms with van der Waals surface area (Å²) in [5.74, 6) is 0.135. The second-order valence-electron chi connectivity index (χ2n) is 3.64. The topological polar surface area (TPSA) is 33.6 Å². The maximum absolute atomic E-state index is 13.6. The van der Waals surface area contributed by atoms with Crippen molar-refractivity contribution in [3.8, 4) is 0 Å². The highest BCUT2D eigenvalue weighted by Gasteiger charge is 2.22. The van der Waals surface area contributed by atoms with E-state index >= 15 is 0 Å². The van der Waals surface area contributed by atoms with Gasteiger partial charge >= 0.3 is 0 Å². The fraction of sp³-hybridized carbons (Fsp3) is 0.364. The zero-order chi connectivity index (χ0) is 11.5. The number of hydrogen-bond acceptors (Lipinski definition) is 2. The van der Waals surface area contributed by atoms with Crippen molar-refractivity contribution in [2.75, 3.05) is 7.11 Å². The first kappa shape index (κ1) is 11.5. The number of benzene rings is 1. The molecule has 3 nitrogen and oxygen atoms in total. The smallest absolute Gasteiger partial charge is 0.155 e. The first-order valence-corrected chi connectivity index (χ1v) is 5.82. The molecule has 1 fully saturated rings. The third kappa shape index (κ3) is 2.80. The van der Waals surface area contributed by atoms with Crippen LogP contribution in [0.2, 0.25) is 0 Å². The molecular formula is C11H12BrFN2O. The van der Waals surface area contributed by atoms with Crippen LogP contribution in [0.4, 0.5) is 4.39 Å². The van der Waals surface area contributed by atoms with Crippen LogP contribution in [-0.4, -0.2) is 19.0 Å². The van der Waals surface area contributed by atoms with Crippen molar-refractivity contribution < 1.29 is 9.23 Å². The molecule has 86 valence electrons. The maximum Gasteiger partial charge on any atom is 0.155 e. The fourth-order valence-corrected chi connectivity index (χ4v) is 1.67. The van der Waals surface area contributed by atoms with Crippen molar-refractivity contribution >= 4 is 21.8 Å². The number of hydrogen-bond donors (Lipinski definition) is 1. The van der Waals surface area contributed by atoms with Crippen LogP contribution < -0.4 is 5.48 Å². The molecule has 0 heterocycles. The summed E-state index contributed by atoms with van der Waals surface area (Å²) in [6.07, 6.45) is 2.12. The van der Waals surface area contributed by atoms with E-state index in [0.29, 0.717) is 17.4 Å². The Morgan fingerprint density at radius 2 is 2.31 bits per heavy atom. The highest BCUT2D eigenvalue weighted by atomic mass is 79.9. The molecule has 0 amide bonds. The van der Waals surface area contributed by atoms with Crippen molar-refractivity contribution in [3.05, 3.63) is 34.1 Å². The molecule has 1 aromatic rings. The van der Waals surface area contributed by atoms with Crippen LogP contribution in [0.15, 0.2) is 27.7 Å². The van der Waals surface area contributed by atoms with Gasteiger partial charge in [0.2, 0.25) is 0 Å². The minimum atomic E-state index is -0.313. The van der Waals surface area contributed by atoms with E-state index in [2.05, 4.69) is 26.4 Å². The monoisotopic (exact) mass is 286 g/mol. The molecule has 0 radical (unpaired) electrons. The van der Waals surface area contributed by atoms with Gasteiger partial charge in [-0.15, -0.1) is 0 Å². The van der Waals surface area contributed by atoms with Gasteiger partial charge < -0.3 is 0 Å². The summed E-state index contributed by atoms with van der Waals surface area (Å²) in [6.45, 7) is 0. The maximum atomic E-state index is 13.6. The van der Waals surface area contributed by atoms with Gasteiger partial charge in [0.1, 0.15) is 5.82 Å². The molecule has 0 aromatic heterocycles. The molecule has 1 aliphatic carbocycles. The van der Waals surface area contributed by atoms with E-state index in [1.54, 1.807) is 12.1 Å². The van der Waals surface area contributed by atoms with Gasteiger partial charge in [0.25, 0.3) is 0 Å². The number of hydroxylamine groups is 1. The molecule has 2 rings (SSSR count). The van der Waals surface area contributed by atoms with E-state index in [1.165, 1.54) is 13.2 Å². The molecular weight excluding hydrogens is 275 g/mol. The highest BCUT2D eigenvalue weighted by molar-refractivity contribution is 9.10. The standard InChI is InChI=1S/C11H12BrFN2O/c1-16-15-11(14-8-3-4-8)9-6-7(12)2-5-10(9)13/h2,5-6,8H,3-4H2,1H3,(H,14,15). The van der Waals surface area contributed by atoms with Gasteiger partial charge in [0.15, 0.2) is 5.84 Å². The minimum Gasteiger partial charge on any atom is -0.278 e. The molecule has 0 saturated heterocycles. The van der Waals surface area contributed by atoms with E-state index in [0.717, 1.165) is 17.3 Å². The van der Waals surface area contributed by atoms with Gasteiger partial charge in [-0.05, 0) is 31.0 Å². The summed E-state index contributed by atoms with van der Waals surface area (Å²) >= 11 is 3.31. The zero-order valence-corrected chi connectivity index (χ0v) is 10.4. The van der Waals surface area contributed by atoms with E-state index in [9.17, 15) is 4.39 Å². The van der Waals surface area contributed by atoms with Crippen LogP contribution in [0.3, 0.4) is 0 Å². The first-order valence-electron chi connectivity index (χ1n) is 5.03. The normalized spacial score (nSPS) is 16.3. The first-order chi connectivity index (χ1) is 7.70. The molecule has 1 aliphatic rings. The third-order valence-electron chi connectivity index (χ3n) is 2.24. The second kappa shape index (κ2) is 4.93. The predicted molar refractivity (Wildman–Crippen MR) is 63.8 cm³/mol. The molecule has 1 N–H and O–H groups in total. The number of aliphatic imine (C=N–C) groups is 1. The van der Waals surface area contributed by atoms with E-state index in [1.807, 2.05) is 0 Å². The number of halogens is 2. The van der Waals surface area contributed by atoms with Gasteiger partial charge in [0.05, 0.1) is 18.7 Å². The van der Waals surface area contributed by atoms with Crippen LogP contribution in [0.25, 0.3) is 0 Å². The molecule has 1 saturated carbocycles. The lowest BCUT2D eigenvalue weighted by Gasteiger charge is -2.09. The molecule has 0 unspecified atom stereocenters. The van der Waals surface area contributed by atoms with E-state index in [-0.39, 0.29) is 5.82 Å². The average molecular weight is 287 g/mol. The number of nitrogens with zero attached hydrogens (tertiary/aromatic N) is 1. The lowest BCUT2D eigenvalue weighted by molar-refractivity contribution is 0.144. The fourth-order valence-electron chi connectivity index (χ4n) is 1.31. The van der Waals surface area contributed by atoms with Crippen LogP contribution in [0.5, 0.6) is 0 Å². The van der Waals surface area contributed by atoms with Gasteiger partial charge in [-0.2, -0.15) is 0 Å².